The Morgan fingerprint density at radius 2 is 1.76 bits per heavy atom. The topological polar surface area (TPSA) is 57.1 Å². The summed E-state index contributed by atoms with van der Waals surface area (Å²) in [6.07, 6.45) is 1.69. The van der Waals surface area contributed by atoms with Crippen LogP contribution in [0, 0.1) is 7.14 Å². The van der Waals surface area contributed by atoms with Gasteiger partial charge in [0.2, 0.25) is 5.90 Å². The number of cyclic esters (lactones) is 1. The van der Waals surface area contributed by atoms with Gasteiger partial charge in [0.1, 0.15) is 6.61 Å². The first-order valence-electron chi connectivity index (χ1n) is 10.0. The molecule has 3 aromatic rings. The lowest BCUT2D eigenvalue weighted by molar-refractivity contribution is -0.129. The Labute approximate surface area is 224 Å². The fraction of sp³-hybridized carbons (Fsp3) is 0.120. The molecule has 8 heteroatoms. The highest BCUT2D eigenvalue weighted by molar-refractivity contribution is 14.1. The van der Waals surface area contributed by atoms with Crippen LogP contribution in [-0.2, 0) is 16.1 Å². The van der Waals surface area contributed by atoms with Gasteiger partial charge in [0, 0.05) is 14.2 Å². The second-order valence-corrected chi connectivity index (χ2v) is 9.87. The highest BCUT2D eigenvalue weighted by atomic mass is 127. The van der Waals surface area contributed by atoms with E-state index in [0.717, 1.165) is 23.8 Å². The third-order valence-electron chi connectivity index (χ3n) is 4.64. The van der Waals surface area contributed by atoms with Gasteiger partial charge in [-0.3, -0.25) is 0 Å². The van der Waals surface area contributed by atoms with E-state index < -0.39 is 5.97 Å². The van der Waals surface area contributed by atoms with Crippen molar-refractivity contribution in [2.75, 3.05) is 6.61 Å². The standard InChI is InChI=1S/C25H18ClI2NO4/c1-2-31-22-13-16(11-20(28)23(22)32-14-15-3-7-18(26)8-4-15)12-21-25(30)33-24(29-21)17-5-9-19(27)10-6-17/h3-13H,2,14H2,1H3/b21-12-. The molecule has 0 saturated heterocycles. The van der Waals surface area contributed by atoms with E-state index in [-0.39, 0.29) is 5.70 Å². The highest BCUT2D eigenvalue weighted by Crippen LogP contribution is 2.36. The maximum absolute atomic E-state index is 12.4. The van der Waals surface area contributed by atoms with E-state index in [0.29, 0.717) is 35.6 Å². The molecule has 3 aromatic carbocycles. The molecule has 0 unspecified atom stereocenters. The maximum Gasteiger partial charge on any atom is 0.363 e. The molecule has 0 saturated carbocycles. The predicted octanol–water partition coefficient (Wildman–Crippen LogP) is 6.87. The molecule has 33 heavy (non-hydrogen) atoms. The lowest BCUT2D eigenvalue weighted by Crippen LogP contribution is -2.05. The molecule has 4 rings (SSSR count). The van der Waals surface area contributed by atoms with Crippen molar-refractivity contribution >= 4 is 74.7 Å². The molecule has 0 N–H and O–H groups in total. The summed E-state index contributed by atoms with van der Waals surface area (Å²) in [5.41, 5.74) is 2.75. The number of esters is 1. The van der Waals surface area contributed by atoms with Gasteiger partial charge in [-0.2, -0.15) is 0 Å². The van der Waals surface area contributed by atoms with E-state index in [9.17, 15) is 4.79 Å². The van der Waals surface area contributed by atoms with Crippen LogP contribution in [0.1, 0.15) is 23.6 Å². The molecule has 0 amide bonds. The number of carbonyl (C=O) groups is 1. The Kier molecular flexibility index (Phi) is 7.92. The minimum absolute atomic E-state index is 0.233. The fourth-order valence-electron chi connectivity index (χ4n) is 3.09. The molecule has 0 spiro atoms. The van der Waals surface area contributed by atoms with E-state index in [1.807, 2.05) is 67.6 Å². The predicted molar refractivity (Wildman–Crippen MR) is 146 cm³/mol. The lowest BCUT2D eigenvalue weighted by atomic mass is 10.1. The van der Waals surface area contributed by atoms with Gasteiger partial charge in [0.25, 0.3) is 0 Å². The van der Waals surface area contributed by atoms with Crippen LogP contribution in [0.5, 0.6) is 11.5 Å². The minimum atomic E-state index is -0.486. The zero-order valence-corrected chi connectivity index (χ0v) is 22.6. The number of hydrogen-bond acceptors (Lipinski definition) is 5. The number of nitrogens with zero attached hydrogens (tertiary/aromatic N) is 1. The number of hydrogen-bond donors (Lipinski definition) is 0. The van der Waals surface area contributed by atoms with Crippen LogP contribution in [0.2, 0.25) is 5.02 Å². The van der Waals surface area contributed by atoms with E-state index in [1.165, 1.54) is 0 Å². The van der Waals surface area contributed by atoms with E-state index in [2.05, 4.69) is 50.2 Å². The minimum Gasteiger partial charge on any atom is -0.490 e. The SMILES string of the molecule is CCOc1cc(/C=C2\N=C(c3ccc(I)cc3)OC2=O)cc(I)c1OCc1ccc(Cl)cc1. The number of halogens is 3. The van der Waals surface area contributed by atoms with Crippen LogP contribution in [0.25, 0.3) is 6.08 Å². The number of aliphatic imine (C=N–C) groups is 1. The lowest BCUT2D eigenvalue weighted by Gasteiger charge is -2.15. The van der Waals surface area contributed by atoms with Crippen LogP contribution in [-0.4, -0.2) is 18.5 Å². The first-order chi connectivity index (χ1) is 15.9. The van der Waals surface area contributed by atoms with Crippen molar-refractivity contribution in [3.05, 3.63) is 95.2 Å². The van der Waals surface area contributed by atoms with Crippen molar-refractivity contribution in [3.8, 4) is 11.5 Å². The number of ether oxygens (including phenoxy) is 3. The zero-order valence-electron chi connectivity index (χ0n) is 17.5. The Morgan fingerprint density at radius 3 is 2.45 bits per heavy atom. The zero-order chi connectivity index (χ0) is 23.4. The second kappa shape index (κ2) is 10.9. The van der Waals surface area contributed by atoms with Gasteiger partial charge < -0.3 is 14.2 Å². The molecule has 0 radical (unpaired) electrons. The van der Waals surface area contributed by atoms with Crippen molar-refractivity contribution in [2.45, 2.75) is 13.5 Å². The van der Waals surface area contributed by atoms with Gasteiger partial charge in [-0.15, -0.1) is 0 Å². The van der Waals surface area contributed by atoms with Crippen LogP contribution in [0.3, 0.4) is 0 Å². The average Bonchev–Trinajstić information content (AvgIpc) is 3.15. The van der Waals surface area contributed by atoms with Crippen molar-refractivity contribution < 1.29 is 19.0 Å². The van der Waals surface area contributed by atoms with Gasteiger partial charge in [-0.25, -0.2) is 9.79 Å². The van der Waals surface area contributed by atoms with Gasteiger partial charge in [0.15, 0.2) is 17.2 Å². The summed E-state index contributed by atoms with van der Waals surface area (Å²) in [6, 6.07) is 18.9. The summed E-state index contributed by atoms with van der Waals surface area (Å²) in [7, 11) is 0. The van der Waals surface area contributed by atoms with Gasteiger partial charge in [0.05, 0.1) is 10.2 Å². The largest absolute Gasteiger partial charge is 0.490 e. The Hall–Kier alpha value is -2.11. The van der Waals surface area contributed by atoms with Gasteiger partial charge in [-0.05, 0) is 118 Å². The van der Waals surface area contributed by atoms with Crippen molar-refractivity contribution in [1.82, 2.24) is 0 Å². The summed E-state index contributed by atoms with van der Waals surface area (Å²) in [5.74, 6) is 1.05. The fourth-order valence-corrected chi connectivity index (χ4v) is 4.36. The van der Waals surface area contributed by atoms with Gasteiger partial charge >= 0.3 is 5.97 Å². The van der Waals surface area contributed by atoms with Crippen LogP contribution >= 0.6 is 56.8 Å². The molecule has 0 atom stereocenters. The monoisotopic (exact) mass is 685 g/mol. The van der Waals surface area contributed by atoms with Crippen LogP contribution in [0.4, 0.5) is 0 Å². The third-order valence-corrected chi connectivity index (χ3v) is 6.42. The molecular formula is C25H18ClI2NO4. The Morgan fingerprint density at radius 1 is 1.03 bits per heavy atom. The van der Waals surface area contributed by atoms with E-state index >= 15 is 0 Å². The first-order valence-corrected chi connectivity index (χ1v) is 12.6. The molecule has 1 heterocycles. The van der Waals surface area contributed by atoms with Crippen molar-refractivity contribution in [1.29, 1.82) is 0 Å². The summed E-state index contributed by atoms with van der Waals surface area (Å²) in [4.78, 5) is 16.8. The Bertz CT molecular complexity index is 1240. The molecule has 168 valence electrons. The third kappa shape index (κ3) is 6.07. The highest BCUT2D eigenvalue weighted by Gasteiger charge is 2.24. The van der Waals surface area contributed by atoms with E-state index in [4.69, 9.17) is 25.8 Å². The molecule has 1 aliphatic heterocycles. The van der Waals surface area contributed by atoms with Crippen LogP contribution < -0.4 is 9.47 Å². The maximum atomic E-state index is 12.4. The molecule has 1 aliphatic rings. The van der Waals surface area contributed by atoms with Crippen molar-refractivity contribution in [3.63, 3.8) is 0 Å². The summed E-state index contributed by atoms with van der Waals surface area (Å²) >= 11 is 10.4. The number of rotatable bonds is 7. The number of benzene rings is 3. The Balaban J connectivity index is 1.60. The smallest absolute Gasteiger partial charge is 0.363 e. The van der Waals surface area contributed by atoms with Crippen LogP contribution in [0.15, 0.2) is 71.4 Å². The summed E-state index contributed by atoms with van der Waals surface area (Å²) < 4.78 is 19.2. The molecular weight excluding hydrogens is 668 g/mol. The van der Waals surface area contributed by atoms with Crippen molar-refractivity contribution in [2.24, 2.45) is 4.99 Å². The number of carbonyl (C=O) groups excluding carboxylic acids is 1. The molecule has 0 bridgehead atoms. The normalized spacial score (nSPS) is 14.2. The quantitative estimate of drug-likeness (QED) is 0.155. The molecule has 0 aliphatic carbocycles. The van der Waals surface area contributed by atoms with E-state index in [1.54, 1.807) is 6.08 Å². The summed E-state index contributed by atoms with van der Waals surface area (Å²) in [6.45, 7) is 2.77. The first kappa shape index (κ1) is 24.0. The molecule has 0 fully saturated rings. The molecule has 5 nitrogen and oxygen atoms in total. The second-order valence-electron chi connectivity index (χ2n) is 7.02. The summed E-state index contributed by atoms with van der Waals surface area (Å²) in [5, 5.41) is 0.680. The van der Waals surface area contributed by atoms with Gasteiger partial charge in [-0.1, -0.05) is 23.7 Å². The molecule has 0 aromatic heterocycles. The average molecular weight is 686 g/mol.